The Morgan fingerprint density at radius 3 is 2.46 bits per heavy atom. The Labute approximate surface area is 164 Å². The van der Waals surface area contributed by atoms with Crippen molar-refractivity contribution in [1.82, 2.24) is 4.90 Å². The average molecular weight is 380 g/mol. The van der Waals surface area contributed by atoms with E-state index in [4.69, 9.17) is 4.74 Å². The molecule has 2 aromatic rings. The molecule has 1 amide bonds. The van der Waals surface area contributed by atoms with Crippen molar-refractivity contribution in [3.63, 3.8) is 0 Å². The van der Waals surface area contributed by atoms with Gasteiger partial charge in [-0.3, -0.25) is 4.79 Å². The van der Waals surface area contributed by atoms with Gasteiger partial charge < -0.3 is 14.5 Å². The maximum atomic E-state index is 13.3. The summed E-state index contributed by atoms with van der Waals surface area (Å²) in [5.41, 5.74) is 2.69. The van der Waals surface area contributed by atoms with Crippen molar-refractivity contribution in [2.45, 2.75) is 37.1 Å². The van der Waals surface area contributed by atoms with Crippen LogP contribution in [0.2, 0.25) is 0 Å². The molecule has 4 nitrogen and oxygen atoms in total. The molecule has 1 saturated carbocycles. The van der Waals surface area contributed by atoms with E-state index in [1.807, 2.05) is 17.0 Å². The number of fused-ring (bicyclic) bond motifs is 2. The standard InChI is InChI=1S/C23H25FN2O2/c1-28-19-8-9-21-20(14-19)23(10-12-25(13-11-23)18-6-7-18)15-26(21)22(27)16-2-4-17(24)5-3-16/h2-5,8-9,14,18H,6-7,10-13,15H2,1H3. The summed E-state index contributed by atoms with van der Waals surface area (Å²) in [5, 5.41) is 0. The quantitative estimate of drug-likeness (QED) is 0.807. The Balaban J connectivity index is 1.49. The molecule has 2 aromatic carbocycles. The number of benzene rings is 2. The normalized spacial score (nSPS) is 21.0. The van der Waals surface area contributed by atoms with Crippen LogP contribution >= 0.6 is 0 Å². The first kappa shape index (κ1) is 17.7. The number of anilines is 1. The molecule has 0 N–H and O–H groups in total. The van der Waals surface area contributed by atoms with Gasteiger partial charge in [-0.05, 0) is 86.8 Å². The maximum Gasteiger partial charge on any atom is 0.258 e. The number of ether oxygens (including phenoxy) is 1. The number of hydrogen-bond donors (Lipinski definition) is 0. The summed E-state index contributed by atoms with van der Waals surface area (Å²) < 4.78 is 18.8. The molecule has 5 heteroatoms. The highest BCUT2D eigenvalue weighted by Gasteiger charge is 2.48. The number of nitrogens with zero attached hydrogens (tertiary/aromatic N) is 2. The van der Waals surface area contributed by atoms with Crippen molar-refractivity contribution in [2.75, 3.05) is 31.6 Å². The van der Waals surface area contributed by atoms with E-state index in [0.717, 1.165) is 43.4 Å². The van der Waals surface area contributed by atoms with Gasteiger partial charge in [0.2, 0.25) is 0 Å². The molecule has 0 radical (unpaired) electrons. The summed E-state index contributed by atoms with van der Waals surface area (Å²) >= 11 is 0. The molecule has 5 rings (SSSR count). The minimum atomic E-state index is -0.327. The molecule has 28 heavy (non-hydrogen) atoms. The summed E-state index contributed by atoms with van der Waals surface area (Å²) in [7, 11) is 1.68. The largest absolute Gasteiger partial charge is 0.497 e. The number of rotatable bonds is 3. The van der Waals surface area contributed by atoms with E-state index < -0.39 is 0 Å². The lowest BCUT2D eigenvalue weighted by Gasteiger charge is -2.40. The minimum absolute atomic E-state index is 0.0229. The fourth-order valence-corrected chi connectivity index (χ4v) is 4.89. The predicted molar refractivity (Wildman–Crippen MR) is 107 cm³/mol. The Bertz CT molecular complexity index is 899. The van der Waals surface area contributed by atoms with Gasteiger partial charge in [0.05, 0.1) is 7.11 Å². The van der Waals surface area contributed by atoms with Crippen molar-refractivity contribution in [2.24, 2.45) is 0 Å². The highest BCUT2D eigenvalue weighted by atomic mass is 19.1. The predicted octanol–water partition coefficient (Wildman–Crippen LogP) is 3.99. The van der Waals surface area contributed by atoms with Gasteiger partial charge >= 0.3 is 0 Å². The zero-order chi connectivity index (χ0) is 19.3. The van der Waals surface area contributed by atoms with Crippen molar-refractivity contribution in [3.8, 4) is 5.75 Å². The summed E-state index contributed by atoms with van der Waals surface area (Å²) in [6.45, 7) is 2.85. The van der Waals surface area contributed by atoms with Gasteiger partial charge in [0.1, 0.15) is 11.6 Å². The third-order valence-electron chi connectivity index (χ3n) is 6.68. The van der Waals surface area contributed by atoms with E-state index in [0.29, 0.717) is 12.1 Å². The zero-order valence-corrected chi connectivity index (χ0v) is 16.2. The van der Waals surface area contributed by atoms with Crippen LogP contribution in [0, 0.1) is 5.82 Å². The van der Waals surface area contributed by atoms with Gasteiger partial charge in [0.25, 0.3) is 5.91 Å². The number of halogens is 1. The van der Waals surface area contributed by atoms with Crippen LogP contribution in [0.5, 0.6) is 5.75 Å². The fourth-order valence-electron chi connectivity index (χ4n) is 4.89. The Hall–Kier alpha value is -2.40. The van der Waals surface area contributed by atoms with Crippen LogP contribution < -0.4 is 9.64 Å². The van der Waals surface area contributed by atoms with Gasteiger partial charge in [-0.1, -0.05) is 0 Å². The van der Waals surface area contributed by atoms with Gasteiger partial charge in [-0.15, -0.1) is 0 Å². The molecule has 0 aromatic heterocycles. The van der Waals surface area contributed by atoms with Crippen LogP contribution in [-0.2, 0) is 5.41 Å². The summed E-state index contributed by atoms with van der Waals surface area (Å²) in [6.07, 6.45) is 4.76. The van der Waals surface area contributed by atoms with E-state index >= 15 is 0 Å². The molecule has 2 heterocycles. The molecule has 0 bridgehead atoms. The van der Waals surface area contributed by atoms with Gasteiger partial charge in [0, 0.05) is 29.3 Å². The Morgan fingerprint density at radius 1 is 1.11 bits per heavy atom. The van der Waals surface area contributed by atoms with Crippen LogP contribution in [-0.4, -0.2) is 43.6 Å². The topological polar surface area (TPSA) is 32.8 Å². The first-order valence-corrected chi connectivity index (χ1v) is 10.1. The zero-order valence-electron chi connectivity index (χ0n) is 16.2. The molecular weight excluding hydrogens is 355 g/mol. The second-order valence-electron chi connectivity index (χ2n) is 8.33. The second-order valence-corrected chi connectivity index (χ2v) is 8.33. The summed E-state index contributed by atoms with van der Waals surface area (Å²) in [5.74, 6) is 0.443. The lowest BCUT2D eigenvalue weighted by atomic mass is 9.74. The monoisotopic (exact) mass is 380 g/mol. The van der Waals surface area contributed by atoms with Crippen LogP contribution in [0.15, 0.2) is 42.5 Å². The lowest BCUT2D eigenvalue weighted by Crippen LogP contribution is -2.46. The molecule has 0 atom stereocenters. The number of piperidine rings is 1. The molecule has 146 valence electrons. The third kappa shape index (κ3) is 2.89. The minimum Gasteiger partial charge on any atom is -0.497 e. The molecule has 3 aliphatic rings. The van der Waals surface area contributed by atoms with Crippen molar-refractivity contribution in [1.29, 1.82) is 0 Å². The highest BCUT2D eigenvalue weighted by Crippen LogP contribution is 2.49. The molecule has 2 aliphatic heterocycles. The van der Waals surface area contributed by atoms with Crippen LogP contribution in [0.1, 0.15) is 41.6 Å². The first-order chi connectivity index (χ1) is 13.6. The summed E-state index contributed by atoms with van der Waals surface area (Å²) in [4.78, 5) is 17.7. The van der Waals surface area contributed by atoms with E-state index in [1.165, 1.54) is 30.5 Å². The van der Waals surface area contributed by atoms with Gasteiger partial charge in [-0.25, -0.2) is 4.39 Å². The molecule has 1 saturated heterocycles. The average Bonchev–Trinajstić information content (AvgIpc) is 3.53. The highest BCUT2D eigenvalue weighted by molar-refractivity contribution is 6.07. The fraction of sp³-hybridized carbons (Fsp3) is 0.435. The van der Waals surface area contributed by atoms with Gasteiger partial charge in [0.15, 0.2) is 0 Å². The number of amides is 1. The van der Waals surface area contributed by atoms with E-state index in [2.05, 4.69) is 11.0 Å². The molecule has 1 spiro atoms. The number of methoxy groups -OCH3 is 1. The SMILES string of the molecule is COc1ccc2c(c1)C1(CCN(C3CC3)CC1)CN2C(=O)c1ccc(F)cc1. The molecular formula is C23H25FN2O2. The maximum absolute atomic E-state index is 13.3. The van der Waals surface area contributed by atoms with E-state index in [-0.39, 0.29) is 17.1 Å². The van der Waals surface area contributed by atoms with E-state index in [1.54, 1.807) is 19.2 Å². The molecule has 2 fully saturated rings. The first-order valence-electron chi connectivity index (χ1n) is 10.1. The van der Waals surface area contributed by atoms with Crippen molar-refractivity contribution in [3.05, 3.63) is 59.4 Å². The van der Waals surface area contributed by atoms with Crippen LogP contribution in [0.25, 0.3) is 0 Å². The second kappa shape index (κ2) is 6.59. The van der Waals surface area contributed by atoms with Crippen LogP contribution in [0.4, 0.5) is 10.1 Å². The van der Waals surface area contributed by atoms with Gasteiger partial charge in [-0.2, -0.15) is 0 Å². The Morgan fingerprint density at radius 2 is 1.82 bits per heavy atom. The van der Waals surface area contributed by atoms with Crippen molar-refractivity contribution >= 4 is 11.6 Å². The number of likely N-dealkylation sites (tertiary alicyclic amines) is 1. The number of carbonyl (C=O) groups is 1. The third-order valence-corrected chi connectivity index (χ3v) is 6.68. The smallest absolute Gasteiger partial charge is 0.258 e. The van der Waals surface area contributed by atoms with Crippen LogP contribution in [0.3, 0.4) is 0 Å². The van der Waals surface area contributed by atoms with E-state index in [9.17, 15) is 9.18 Å². The Kier molecular flexibility index (Phi) is 4.16. The summed E-state index contributed by atoms with van der Waals surface area (Å²) in [6, 6.07) is 12.6. The number of carbonyl (C=O) groups excluding carboxylic acids is 1. The number of hydrogen-bond acceptors (Lipinski definition) is 3. The van der Waals surface area contributed by atoms with Crippen molar-refractivity contribution < 1.29 is 13.9 Å². The molecule has 0 unspecified atom stereocenters. The lowest BCUT2D eigenvalue weighted by molar-refractivity contribution is 0.0975. The molecule has 1 aliphatic carbocycles.